The van der Waals surface area contributed by atoms with Crippen LogP contribution in [-0.4, -0.2) is 61.7 Å². The van der Waals surface area contributed by atoms with Gasteiger partial charge >= 0.3 is 0 Å². The fourth-order valence-corrected chi connectivity index (χ4v) is 1.64. The van der Waals surface area contributed by atoms with Gasteiger partial charge in [0, 0.05) is 5.02 Å². The summed E-state index contributed by atoms with van der Waals surface area (Å²) in [5.74, 6) is -0.594. The van der Waals surface area contributed by atoms with Crippen molar-refractivity contribution in [2.45, 2.75) is 24.4 Å². The van der Waals surface area contributed by atoms with Crippen LogP contribution in [0.3, 0.4) is 0 Å². The molecule has 0 aliphatic rings. The van der Waals surface area contributed by atoms with E-state index in [0.717, 1.165) is 0 Å². The summed E-state index contributed by atoms with van der Waals surface area (Å²) in [7, 11) is 0. The highest BCUT2D eigenvalue weighted by Crippen LogP contribution is 2.16. The van der Waals surface area contributed by atoms with Crippen molar-refractivity contribution in [3.63, 3.8) is 0 Å². The molecule has 0 aromatic heterocycles. The molecule has 1 rings (SSSR count). The highest BCUT2D eigenvalue weighted by molar-refractivity contribution is 6.30. The molecule has 0 radical (unpaired) electrons. The number of aliphatic hydroxyl groups is 6. The first kappa shape index (κ1) is 16.9. The third kappa shape index (κ3) is 4.45. The van der Waals surface area contributed by atoms with Crippen LogP contribution in [0, 0.1) is 0 Å². The van der Waals surface area contributed by atoms with E-state index in [4.69, 9.17) is 21.8 Å². The summed E-state index contributed by atoms with van der Waals surface area (Å²) >= 11 is 5.70. The van der Waals surface area contributed by atoms with Gasteiger partial charge < -0.3 is 30.6 Å². The fraction of sp³-hybridized carbons (Fsp3) is 0.385. The molecule has 6 nitrogen and oxygen atoms in total. The van der Waals surface area contributed by atoms with E-state index >= 15 is 0 Å². The Morgan fingerprint density at radius 2 is 1.60 bits per heavy atom. The summed E-state index contributed by atoms with van der Waals surface area (Å²) in [6, 6.07) is 6.31. The maximum atomic E-state index is 9.68. The Kier molecular flexibility index (Phi) is 6.41. The van der Waals surface area contributed by atoms with Crippen LogP contribution < -0.4 is 0 Å². The van der Waals surface area contributed by atoms with Crippen LogP contribution in [0.1, 0.15) is 5.56 Å². The Balaban J connectivity index is 2.79. The first-order valence-electron chi connectivity index (χ1n) is 5.86. The minimum absolute atomic E-state index is 0.503. The predicted octanol–water partition coefficient (Wildman–Crippen LogP) is -0.325. The first-order chi connectivity index (χ1) is 9.36. The van der Waals surface area contributed by atoms with E-state index in [1.165, 1.54) is 6.08 Å². The van der Waals surface area contributed by atoms with Crippen molar-refractivity contribution >= 4 is 17.7 Å². The Bertz CT molecular complexity index is 447. The predicted molar refractivity (Wildman–Crippen MR) is 73.2 cm³/mol. The number of aliphatic hydroxyl groups excluding tert-OH is 6. The van der Waals surface area contributed by atoms with Gasteiger partial charge in [-0.05, 0) is 23.8 Å². The molecular weight excluding hydrogens is 288 g/mol. The van der Waals surface area contributed by atoms with E-state index in [2.05, 4.69) is 0 Å². The van der Waals surface area contributed by atoms with Gasteiger partial charge in [-0.3, -0.25) is 0 Å². The Morgan fingerprint density at radius 1 is 1.05 bits per heavy atom. The number of halogens is 1. The topological polar surface area (TPSA) is 121 Å². The summed E-state index contributed by atoms with van der Waals surface area (Å²) in [6.07, 6.45) is -5.89. The van der Waals surface area contributed by atoms with Gasteiger partial charge in [0.2, 0.25) is 0 Å². The van der Waals surface area contributed by atoms with E-state index in [-0.39, 0.29) is 0 Å². The highest BCUT2D eigenvalue weighted by atomic mass is 35.5. The number of hydrogen-bond donors (Lipinski definition) is 6. The molecule has 112 valence electrons. The van der Waals surface area contributed by atoms with Crippen LogP contribution in [0.15, 0.2) is 30.0 Å². The third-order valence-electron chi connectivity index (χ3n) is 2.74. The molecule has 0 aliphatic carbocycles. The minimum Gasteiger partial charge on any atom is -0.509 e. The lowest BCUT2D eigenvalue weighted by Gasteiger charge is -2.25. The van der Waals surface area contributed by atoms with Crippen LogP contribution in [0.25, 0.3) is 6.08 Å². The summed E-state index contributed by atoms with van der Waals surface area (Å²) in [5.41, 5.74) is 0.523. The molecule has 0 heterocycles. The molecular formula is C13H17ClO6. The van der Waals surface area contributed by atoms with Crippen LogP contribution in [-0.2, 0) is 0 Å². The van der Waals surface area contributed by atoms with Crippen molar-refractivity contribution < 1.29 is 30.6 Å². The average Bonchev–Trinajstić information content (AvgIpc) is 2.46. The molecule has 20 heavy (non-hydrogen) atoms. The molecule has 0 saturated heterocycles. The van der Waals surface area contributed by atoms with E-state index < -0.39 is 36.8 Å². The van der Waals surface area contributed by atoms with Crippen molar-refractivity contribution in [3.05, 3.63) is 40.6 Å². The largest absolute Gasteiger partial charge is 0.509 e. The lowest BCUT2D eigenvalue weighted by atomic mass is 10.0. The van der Waals surface area contributed by atoms with Crippen LogP contribution >= 0.6 is 11.6 Å². The molecule has 1 aromatic rings. The second-order valence-corrected chi connectivity index (χ2v) is 4.73. The SMILES string of the molecule is OC[C@@H](O)[C@@H](O)[C@H](O)[C@@H](O)C(O)=Cc1ccc(Cl)cc1. The smallest absolute Gasteiger partial charge is 0.139 e. The van der Waals surface area contributed by atoms with Crippen molar-refractivity contribution in [2.75, 3.05) is 6.61 Å². The molecule has 0 fully saturated rings. The third-order valence-corrected chi connectivity index (χ3v) is 2.99. The summed E-state index contributed by atoms with van der Waals surface area (Å²) in [4.78, 5) is 0. The highest BCUT2D eigenvalue weighted by Gasteiger charge is 2.32. The van der Waals surface area contributed by atoms with Gasteiger partial charge in [-0.1, -0.05) is 23.7 Å². The fourth-order valence-electron chi connectivity index (χ4n) is 1.51. The van der Waals surface area contributed by atoms with Gasteiger partial charge in [0.25, 0.3) is 0 Å². The minimum atomic E-state index is -1.85. The lowest BCUT2D eigenvalue weighted by molar-refractivity contribution is -0.112. The van der Waals surface area contributed by atoms with Gasteiger partial charge in [-0.15, -0.1) is 0 Å². The maximum absolute atomic E-state index is 9.68. The molecule has 7 heteroatoms. The second kappa shape index (κ2) is 7.58. The Morgan fingerprint density at radius 3 is 2.10 bits per heavy atom. The van der Waals surface area contributed by atoms with Gasteiger partial charge in [0.05, 0.1) is 6.61 Å². The molecule has 0 unspecified atom stereocenters. The number of rotatable bonds is 6. The van der Waals surface area contributed by atoms with Crippen LogP contribution in [0.2, 0.25) is 5.02 Å². The van der Waals surface area contributed by atoms with Gasteiger partial charge in [0.15, 0.2) is 0 Å². The summed E-state index contributed by atoms with van der Waals surface area (Å²) in [6.45, 7) is -0.785. The monoisotopic (exact) mass is 304 g/mol. The van der Waals surface area contributed by atoms with E-state index in [1.807, 2.05) is 0 Å². The first-order valence-corrected chi connectivity index (χ1v) is 6.24. The normalized spacial score (nSPS) is 18.4. The van der Waals surface area contributed by atoms with Crippen molar-refractivity contribution in [3.8, 4) is 0 Å². The summed E-state index contributed by atoms with van der Waals surface area (Å²) < 4.78 is 0. The van der Waals surface area contributed by atoms with Crippen LogP contribution in [0.5, 0.6) is 0 Å². The van der Waals surface area contributed by atoms with Gasteiger partial charge in [-0.25, -0.2) is 0 Å². The zero-order valence-corrected chi connectivity index (χ0v) is 11.2. The molecule has 1 aromatic carbocycles. The number of hydrogen-bond acceptors (Lipinski definition) is 6. The lowest BCUT2D eigenvalue weighted by Crippen LogP contribution is -2.46. The summed E-state index contributed by atoms with van der Waals surface area (Å²) in [5, 5.41) is 56.7. The maximum Gasteiger partial charge on any atom is 0.139 e. The molecule has 0 spiro atoms. The van der Waals surface area contributed by atoms with Gasteiger partial charge in [0.1, 0.15) is 30.2 Å². The van der Waals surface area contributed by atoms with E-state index in [9.17, 15) is 20.4 Å². The molecule has 6 N–H and O–H groups in total. The van der Waals surface area contributed by atoms with E-state index in [0.29, 0.717) is 10.6 Å². The Hall–Kier alpha value is -1.15. The second-order valence-electron chi connectivity index (χ2n) is 4.30. The van der Waals surface area contributed by atoms with Crippen LogP contribution in [0.4, 0.5) is 0 Å². The molecule has 0 amide bonds. The van der Waals surface area contributed by atoms with Crippen molar-refractivity contribution in [1.29, 1.82) is 0 Å². The van der Waals surface area contributed by atoms with Gasteiger partial charge in [-0.2, -0.15) is 0 Å². The molecule has 0 saturated carbocycles. The standard InChI is InChI=1S/C13H17ClO6/c14-8-3-1-7(2-4-8)5-9(16)11(18)13(20)12(19)10(17)6-15/h1-5,10-13,15-20H,6H2/t10-,11+,12-,13-/m1/s1. The van der Waals surface area contributed by atoms with Crippen molar-refractivity contribution in [1.82, 2.24) is 0 Å². The Labute approximate surface area is 120 Å². The van der Waals surface area contributed by atoms with Crippen molar-refractivity contribution in [2.24, 2.45) is 0 Å². The molecule has 0 bridgehead atoms. The number of benzene rings is 1. The quantitative estimate of drug-likeness (QED) is 0.400. The van der Waals surface area contributed by atoms with E-state index in [1.54, 1.807) is 24.3 Å². The average molecular weight is 305 g/mol. The zero-order valence-electron chi connectivity index (χ0n) is 10.5. The molecule has 0 aliphatic heterocycles. The molecule has 4 atom stereocenters. The zero-order chi connectivity index (χ0) is 15.3.